The number of aromatic nitrogens is 1. The van der Waals surface area contributed by atoms with E-state index in [2.05, 4.69) is 20.9 Å². The van der Waals surface area contributed by atoms with Crippen molar-refractivity contribution in [2.24, 2.45) is 4.99 Å². The van der Waals surface area contributed by atoms with Gasteiger partial charge in [-0.05, 0) is 75.6 Å². The molecule has 7 nitrogen and oxygen atoms in total. The first-order valence-corrected chi connectivity index (χ1v) is 13.6. The Morgan fingerprint density at radius 2 is 1.95 bits per heavy atom. The van der Waals surface area contributed by atoms with Crippen LogP contribution in [-0.2, 0) is 9.53 Å². The van der Waals surface area contributed by atoms with Crippen molar-refractivity contribution < 1.29 is 19.0 Å². The van der Waals surface area contributed by atoms with Crippen LogP contribution in [0.2, 0.25) is 0 Å². The second kappa shape index (κ2) is 11.1. The van der Waals surface area contributed by atoms with Gasteiger partial charge in [-0.15, -0.1) is 0 Å². The summed E-state index contributed by atoms with van der Waals surface area (Å²) in [5.41, 5.74) is 3.27. The van der Waals surface area contributed by atoms with Crippen molar-refractivity contribution in [3.8, 4) is 11.5 Å². The van der Waals surface area contributed by atoms with Gasteiger partial charge < -0.3 is 14.2 Å². The number of halogens is 1. The van der Waals surface area contributed by atoms with Crippen LogP contribution in [0.1, 0.15) is 50.4 Å². The molecule has 1 aliphatic rings. The number of aryl methyl sites for hydroxylation is 1. The number of methoxy groups -OCH3 is 1. The van der Waals surface area contributed by atoms with Gasteiger partial charge in [-0.2, -0.15) is 0 Å². The number of allylic oxidation sites excluding steroid dienone is 1. The summed E-state index contributed by atoms with van der Waals surface area (Å²) in [6, 6.07) is 10.6. The molecule has 0 saturated heterocycles. The third-order valence-electron chi connectivity index (χ3n) is 5.88. The molecule has 2 heterocycles. The first kappa shape index (κ1) is 26.9. The van der Waals surface area contributed by atoms with Crippen molar-refractivity contribution in [3.05, 3.63) is 88.5 Å². The van der Waals surface area contributed by atoms with Crippen LogP contribution in [0, 0.1) is 6.92 Å². The quantitative estimate of drug-likeness (QED) is 0.377. The molecule has 0 bridgehead atoms. The number of esters is 1. The van der Waals surface area contributed by atoms with Gasteiger partial charge in [-0.25, -0.2) is 9.79 Å². The maximum Gasteiger partial charge on any atom is 0.338 e. The van der Waals surface area contributed by atoms with Crippen LogP contribution >= 0.6 is 27.3 Å². The van der Waals surface area contributed by atoms with Crippen LogP contribution in [0.4, 0.5) is 0 Å². The highest BCUT2D eigenvalue weighted by atomic mass is 79.9. The molecule has 1 aromatic heterocycles. The molecule has 1 aliphatic heterocycles. The molecule has 0 unspecified atom stereocenters. The van der Waals surface area contributed by atoms with E-state index in [4.69, 9.17) is 14.2 Å². The smallest absolute Gasteiger partial charge is 0.338 e. The summed E-state index contributed by atoms with van der Waals surface area (Å²) in [6.07, 6.45) is 1.80. The Hall–Kier alpha value is -3.17. The molecular formula is C28H29BrN2O5S. The van der Waals surface area contributed by atoms with Crippen LogP contribution in [0.15, 0.2) is 61.9 Å². The molecule has 0 aliphatic carbocycles. The summed E-state index contributed by atoms with van der Waals surface area (Å²) in [5, 5.41) is 0. The molecule has 37 heavy (non-hydrogen) atoms. The fourth-order valence-electron chi connectivity index (χ4n) is 4.16. The second-order valence-corrected chi connectivity index (χ2v) is 10.8. The molecule has 3 aromatic rings. The number of nitrogens with zero attached hydrogens (tertiary/aromatic N) is 2. The predicted octanol–water partition coefficient (Wildman–Crippen LogP) is 4.67. The molecule has 0 N–H and O–H groups in total. The van der Waals surface area contributed by atoms with Crippen molar-refractivity contribution in [3.63, 3.8) is 0 Å². The Labute approximate surface area is 227 Å². The summed E-state index contributed by atoms with van der Waals surface area (Å²) in [6.45, 7) is 9.60. The number of carbonyl (C=O) groups excluding carboxylic acids is 1. The number of hydrogen-bond acceptors (Lipinski definition) is 7. The first-order valence-electron chi connectivity index (χ1n) is 11.9. The number of benzene rings is 2. The lowest BCUT2D eigenvalue weighted by atomic mass is 9.95. The van der Waals surface area contributed by atoms with Crippen molar-refractivity contribution in [2.75, 3.05) is 13.7 Å². The van der Waals surface area contributed by atoms with Crippen LogP contribution in [-0.4, -0.2) is 30.4 Å². The Kier molecular flexibility index (Phi) is 8.04. The molecule has 1 atom stereocenters. The topological polar surface area (TPSA) is 79.1 Å². The third-order valence-corrected chi connectivity index (χ3v) is 7.71. The Morgan fingerprint density at radius 3 is 2.59 bits per heavy atom. The van der Waals surface area contributed by atoms with E-state index in [0.717, 1.165) is 15.6 Å². The zero-order valence-electron chi connectivity index (χ0n) is 21.6. The number of thiazole rings is 1. The molecule has 0 fully saturated rings. The van der Waals surface area contributed by atoms with Crippen molar-refractivity contribution in [2.45, 2.75) is 46.8 Å². The van der Waals surface area contributed by atoms with E-state index in [1.165, 1.54) is 11.3 Å². The lowest BCUT2D eigenvalue weighted by Gasteiger charge is -2.25. The average Bonchev–Trinajstić information content (AvgIpc) is 3.15. The van der Waals surface area contributed by atoms with Crippen LogP contribution < -0.4 is 24.4 Å². The molecule has 0 saturated carbocycles. The van der Waals surface area contributed by atoms with E-state index in [1.54, 1.807) is 37.7 Å². The number of ether oxygens (including phenoxy) is 3. The SMILES string of the molecule is CCOC(=O)C1=C(C)N=c2s/c(=C/c3ccc(C)c(Br)c3)c(=O)n2[C@H]1c1ccc(OC(C)C)c(OC)c1. The number of fused-ring (bicyclic) bond motifs is 1. The largest absolute Gasteiger partial charge is 0.493 e. The fourth-order valence-corrected chi connectivity index (χ4v) is 5.61. The van der Waals surface area contributed by atoms with Crippen molar-refractivity contribution >= 4 is 39.3 Å². The molecule has 9 heteroatoms. The Balaban J connectivity index is 1.94. The Morgan fingerprint density at radius 1 is 1.19 bits per heavy atom. The normalized spacial score (nSPS) is 15.5. The van der Waals surface area contributed by atoms with Gasteiger partial charge in [0.1, 0.15) is 0 Å². The zero-order valence-corrected chi connectivity index (χ0v) is 24.0. The standard InChI is InChI=1S/C28H29BrN2O5S/c1-7-35-27(33)24-17(5)30-28-31(25(24)19-10-11-21(36-15(2)3)22(14-19)34-6)26(32)23(37-28)13-18-9-8-16(4)20(29)12-18/h8-15,25H,7H2,1-6H3/b23-13+/t25-/m0/s1. The second-order valence-electron chi connectivity index (χ2n) is 8.89. The van der Waals surface area contributed by atoms with Gasteiger partial charge in [0.15, 0.2) is 16.3 Å². The summed E-state index contributed by atoms with van der Waals surface area (Å²) in [7, 11) is 1.56. The number of carbonyl (C=O) groups is 1. The van der Waals surface area contributed by atoms with Gasteiger partial charge in [0.25, 0.3) is 5.56 Å². The minimum atomic E-state index is -0.732. The predicted molar refractivity (Wildman–Crippen MR) is 148 cm³/mol. The first-order chi connectivity index (χ1) is 17.6. The average molecular weight is 586 g/mol. The summed E-state index contributed by atoms with van der Waals surface area (Å²) >= 11 is 4.85. The molecule has 194 valence electrons. The van der Waals surface area contributed by atoms with Crippen LogP contribution in [0.3, 0.4) is 0 Å². The lowest BCUT2D eigenvalue weighted by molar-refractivity contribution is -0.139. The van der Waals surface area contributed by atoms with E-state index in [0.29, 0.717) is 37.7 Å². The highest BCUT2D eigenvalue weighted by molar-refractivity contribution is 9.10. The van der Waals surface area contributed by atoms with Gasteiger partial charge in [0.2, 0.25) is 0 Å². The lowest BCUT2D eigenvalue weighted by Crippen LogP contribution is -2.40. The van der Waals surface area contributed by atoms with E-state index in [1.807, 2.05) is 51.1 Å². The van der Waals surface area contributed by atoms with Crippen LogP contribution in [0.5, 0.6) is 11.5 Å². The Bertz CT molecular complexity index is 1570. The minimum absolute atomic E-state index is 0.0449. The minimum Gasteiger partial charge on any atom is -0.493 e. The number of hydrogen-bond donors (Lipinski definition) is 0. The fraction of sp³-hybridized carbons (Fsp3) is 0.321. The van der Waals surface area contributed by atoms with Gasteiger partial charge >= 0.3 is 5.97 Å². The molecule has 0 radical (unpaired) electrons. The zero-order chi connectivity index (χ0) is 26.9. The van der Waals surface area contributed by atoms with E-state index in [-0.39, 0.29) is 18.3 Å². The molecular weight excluding hydrogens is 556 g/mol. The summed E-state index contributed by atoms with van der Waals surface area (Å²) in [4.78, 5) is 32.1. The molecule has 4 rings (SSSR count). The molecule has 2 aromatic carbocycles. The monoisotopic (exact) mass is 584 g/mol. The maximum atomic E-state index is 13.8. The highest BCUT2D eigenvalue weighted by Crippen LogP contribution is 2.36. The van der Waals surface area contributed by atoms with Gasteiger partial charge in [-0.3, -0.25) is 9.36 Å². The van der Waals surface area contributed by atoms with Gasteiger partial charge in [0.05, 0.1) is 41.7 Å². The van der Waals surface area contributed by atoms with E-state index < -0.39 is 12.0 Å². The van der Waals surface area contributed by atoms with Gasteiger partial charge in [0, 0.05) is 4.47 Å². The maximum absolute atomic E-state index is 13.8. The molecule has 0 amide bonds. The van der Waals surface area contributed by atoms with Crippen LogP contribution in [0.25, 0.3) is 6.08 Å². The highest BCUT2D eigenvalue weighted by Gasteiger charge is 2.34. The molecule has 0 spiro atoms. The third kappa shape index (κ3) is 5.43. The van der Waals surface area contributed by atoms with Crippen molar-refractivity contribution in [1.82, 2.24) is 4.57 Å². The van der Waals surface area contributed by atoms with Gasteiger partial charge in [-0.1, -0.05) is 45.5 Å². The summed E-state index contributed by atoms with van der Waals surface area (Å²) in [5.74, 6) is 0.583. The number of rotatable bonds is 7. The van der Waals surface area contributed by atoms with E-state index in [9.17, 15) is 9.59 Å². The summed E-state index contributed by atoms with van der Waals surface area (Å²) < 4.78 is 19.9. The van der Waals surface area contributed by atoms with Crippen molar-refractivity contribution in [1.29, 1.82) is 0 Å². The van der Waals surface area contributed by atoms with E-state index >= 15 is 0 Å².